The largest absolute Gasteiger partial charge is 0.491 e. The first-order valence-electron chi connectivity index (χ1n) is 5.75. The minimum Gasteiger partial charge on any atom is -0.491 e. The van der Waals surface area contributed by atoms with Crippen LogP contribution in [0.5, 0.6) is 5.75 Å². The van der Waals surface area contributed by atoms with Crippen molar-refractivity contribution < 1.29 is 19.4 Å². The Hall–Kier alpha value is -1.31. The molecule has 110 valence electrons. The average Bonchev–Trinajstić information content (AvgIpc) is 2.32. The summed E-state index contributed by atoms with van der Waals surface area (Å²) in [6.07, 6.45) is -0.461. The third-order valence-corrected chi connectivity index (χ3v) is 3.09. The number of carbonyl (C=O) groups is 2. The first-order valence-corrected chi connectivity index (χ1v) is 6.92. The van der Waals surface area contributed by atoms with E-state index >= 15 is 0 Å². The van der Waals surface area contributed by atoms with Crippen molar-refractivity contribution in [2.45, 2.75) is 19.4 Å². The van der Waals surface area contributed by atoms with Crippen LogP contribution >= 0.6 is 27.5 Å². The topological polar surface area (TPSA) is 102 Å². The fourth-order valence-corrected chi connectivity index (χ4v) is 2.38. The van der Waals surface area contributed by atoms with E-state index in [9.17, 15) is 9.59 Å². The smallest absolute Gasteiger partial charge is 0.305 e. The minimum atomic E-state index is -1.15. The van der Waals surface area contributed by atoms with E-state index in [-0.39, 0.29) is 0 Å². The van der Waals surface area contributed by atoms with Gasteiger partial charge >= 0.3 is 5.97 Å². The third-order valence-electron chi connectivity index (χ3n) is 2.29. The summed E-state index contributed by atoms with van der Waals surface area (Å²) in [7, 11) is 0. The Kier molecular flexibility index (Phi) is 6.25. The van der Waals surface area contributed by atoms with E-state index in [1.807, 2.05) is 0 Å². The fraction of sp³-hybridized carbons (Fsp3) is 0.333. The molecule has 0 radical (unpaired) electrons. The van der Waals surface area contributed by atoms with Gasteiger partial charge < -0.3 is 20.9 Å². The molecule has 20 heavy (non-hydrogen) atoms. The van der Waals surface area contributed by atoms with Gasteiger partial charge in [-0.05, 0) is 35.0 Å². The van der Waals surface area contributed by atoms with Crippen LogP contribution in [0.3, 0.4) is 0 Å². The molecule has 1 aromatic rings. The van der Waals surface area contributed by atoms with E-state index in [0.717, 1.165) is 0 Å². The number of amides is 1. The zero-order valence-corrected chi connectivity index (χ0v) is 13.0. The lowest BCUT2D eigenvalue weighted by atomic mass is 10.2. The van der Waals surface area contributed by atoms with Gasteiger partial charge in [-0.2, -0.15) is 0 Å². The number of anilines is 1. The first-order chi connectivity index (χ1) is 9.35. The number of ether oxygens (including phenoxy) is 1. The second-order valence-electron chi connectivity index (χ2n) is 3.89. The van der Waals surface area contributed by atoms with Crippen molar-refractivity contribution in [3.05, 3.63) is 21.6 Å². The van der Waals surface area contributed by atoms with Crippen molar-refractivity contribution in [3.8, 4) is 5.75 Å². The predicted molar refractivity (Wildman–Crippen MR) is 79.2 cm³/mol. The number of nitrogens with two attached hydrogens (primary N) is 1. The molecule has 0 aliphatic carbocycles. The van der Waals surface area contributed by atoms with Crippen LogP contribution in [0.2, 0.25) is 5.02 Å². The summed E-state index contributed by atoms with van der Waals surface area (Å²) in [5.41, 5.74) is 5.82. The van der Waals surface area contributed by atoms with Crippen LogP contribution < -0.4 is 15.8 Å². The van der Waals surface area contributed by atoms with Gasteiger partial charge in [0.15, 0.2) is 5.75 Å². The molecule has 4 N–H and O–H groups in total. The Morgan fingerprint density at radius 2 is 2.20 bits per heavy atom. The molecule has 0 spiro atoms. The molecule has 0 bridgehead atoms. The quantitative estimate of drug-likeness (QED) is 0.717. The SMILES string of the molecule is CCOc1c(Br)cc(Cl)cc1NC(=O)C(N)CC(=O)O. The van der Waals surface area contributed by atoms with Gasteiger partial charge in [0, 0.05) is 5.02 Å². The zero-order chi connectivity index (χ0) is 15.3. The van der Waals surface area contributed by atoms with Crippen molar-refractivity contribution in [3.63, 3.8) is 0 Å². The normalized spacial score (nSPS) is 11.8. The van der Waals surface area contributed by atoms with Gasteiger partial charge in [0.1, 0.15) is 0 Å². The molecule has 0 saturated heterocycles. The number of carboxylic acid groups (broad SMARTS) is 1. The molecule has 1 unspecified atom stereocenters. The van der Waals surface area contributed by atoms with Crippen LogP contribution in [0.25, 0.3) is 0 Å². The van der Waals surface area contributed by atoms with E-state index < -0.39 is 24.3 Å². The fourth-order valence-electron chi connectivity index (χ4n) is 1.45. The molecule has 6 nitrogen and oxygen atoms in total. The maximum Gasteiger partial charge on any atom is 0.305 e. The van der Waals surface area contributed by atoms with E-state index in [0.29, 0.717) is 27.5 Å². The molecule has 0 aliphatic heterocycles. The van der Waals surface area contributed by atoms with Gasteiger partial charge in [-0.15, -0.1) is 0 Å². The highest BCUT2D eigenvalue weighted by molar-refractivity contribution is 9.10. The average molecular weight is 366 g/mol. The molecule has 0 fully saturated rings. The highest BCUT2D eigenvalue weighted by atomic mass is 79.9. The van der Waals surface area contributed by atoms with Crippen molar-refractivity contribution in [2.24, 2.45) is 5.73 Å². The van der Waals surface area contributed by atoms with Gasteiger partial charge in [0.25, 0.3) is 0 Å². The van der Waals surface area contributed by atoms with Crippen LogP contribution in [-0.2, 0) is 9.59 Å². The van der Waals surface area contributed by atoms with Gasteiger partial charge in [-0.25, -0.2) is 0 Å². The van der Waals surface area contributed by atoms with Crippen molar-refractivity contribution >= 4 is 45.1 Å². The second kappa shape index (κ2) is 7.47. The number of aliphatic carboxylic acids is 1. The van der Waals surface area contributed by atoms with Crippen LogP contribution in [0.15, 0.2) is 16.6 Å². The number of benzene rings is 1. The molecule has 0 aliphatic rings. The predicted octanol–water partition coefficient (Wildman–Crippen LogP) is 2.24. The second-order valence-corrected chi connectivity index (χ2v) is 5.18. The summed E-state index contributed by atoms with van der Waals surface area (Å²) in [4.78, 5) is 22.3. The van der Waals surface area contributed by atoms with Crippen molar-refractivity contribution in [1.82, 2.24) is 0 Å². The highest BCUT2D eigenvalue weighted by Crippen LogP contribution is 2.36. The lowest BCUT2D eigenvalue weighted by Crippen LogP contribution is -2.37. The Morgan fingerprint density at radius 3 is 2.75 bits per heavy atom. The Morgan fingerprint density at radius 1 is 1.55 bits per heavy atom. The number of carboxylic acids is 1. The Labute approximate surface area is 129 Å². The molecule has 1 amide bonds. The number of rotatable bonds is 6. The standard InChI is InChI=1S/C12H14BrClN2O4/c1-2-20-11-7(13)3-6(14)4-9(11)16-12(19)8(15)5-10(17)18/h3-4,8H,2,5,15H2,1H3,(H,16,19)(H,17,18). The van der Waals surface area contributed by atoms with E-state index in [2.05, 4.69) is 21.2 Å². The molecule has 1 atom stereocenters. The number of hydrogen-bond acceptors (Lipinski definition) is 4. The van der Waals surface area contributed by atoms with Gasteiger partial charge in [-0.3, -0.25) is 9.59 Å². The lowest BCUT2D eigenvalue weighted by molar-refractivity contribution is -0.138. The Bertz CT molecular complexity index is 524. The van der Waals surface area contributed by atoms with Crippen molar-refractivity contribution in [1.29, 1.82) is 0 Å². The third kappa shape index (κ3) is 4.66. The van der Waals surface area contributed by atoms with Gasteiger partial charge in [-0.1, -0.05) is 11.6 Å². The van der Waals surface area contributed by atoms with Crippen molar-refractivity contribution in [2.75, 3.05) is 11.9 Å². The summed E-state index contributed by atoms with van der Waals surface area (Å²) in [6.45, 7) is 2.19. The number of halogens is 2. The summed E-state index contributed by atoms with van der Waals surface area (Å²) in [5, 5.41) is 11.5. The van der Waals surface area contributed by atoms with Gasteiger partial charge in [0.2, 0.25) is 5.91 Å². The summed E-state index contributed by atoms with van der Waals surface area (Å²) >= 11 is 9.19. The minimum absolute atomic E-state index is 0.331. The zero-order valence-electron chi connectivity index (χ0n) is 10.7. The van der Waals surface area contributed by atoms with Crippen LogP contribution in [0.1, 0.15) is 13.3 Å². The van der Waals surface area contributed by atoms with Gasteiger partial charge in [0.05, 0.1) is 29.2 Å². The van der Waals surface area contributed by atoms with Crippen LogP contribution in [-0.4, -0.2) is 29.6 Å². The molecule has 0 saturated carbocycles. The number of nitrogens with one attached hydrogen (secondary N) is 1. The molecule has 0 heterocycles. The maximum atomic E-state index is 11.8. The summed E-state index contributed by atoms with van der Waals surface area (Å²) in [5.74, 6) is -1.36. The van der Waals surface area contributed by atoms with E-state index in [1.165, 1.54) is 6.07 Å². The lowest BCUT2D eigenvalue weighted by Gasteiger charge is -2.15. The van der Waals surface area contributed by atoms with E-state index in [4.69, 9.17) is 27.2 Å². The molecular weight excluding hydrogens is 351 g/mol. The summed E-state index contributed by atoms with van der Waals surface area (Å²) < 4.78 is 5.98. The van der Waals surface area contributed by atoms with E-state index in [1.54, 1.807) is 13.0 Å². The molecule has 1 rings (SSSR count). The molecule has 1 aromatic carbocycles. The van der Waals surface area contributed by atoms with Crippen LogP contribution in [0, 0.1) is 0 Å². The summed E-state index contributed by atoms with van der Waals surface area (Å²) in [6, 6.07) is 1.97. The monoisotopic (exact) mass is 364 g/mol. The number of hydrogen-bond donors (Lipinski definition) is 3. The maximum absolute atomic E-state index is 11.8. The molecule has 8 heteroatoms. The molecule has 0 aromatic heterocycles. The first kappa shape index (κ1) is 16.7. The highest BCUT2D eigenvalue weighted by Gasteiger charge is 2.19. The van der Waals surface area contributed by atoms with Crippen LogP contribution in [0.4, 0.5) is 5.69 Å². The Balaban J connectivity index is 2.95. The number of carbonyl (C=O) groups excluding carboxylic acids is 1. The molecular formula is C12H14BrClN2O4.